The van der Waals surface area contributed by atoms with Gasteiger partial charge in [-0.1, -0.05) is 35.9 Å². The van der Waals surface area contributed by atoms with Gasteiger partial charge in [-0.15, -0.1) is 0 Å². The Bertz CT molecular complexity index is 686. The molecule has 0 spiro atoms. The van der Waals surface area contributed by atoms with Gasteiger partial charge in [0.15, 0.2) is 0 Å². The van der Waals surface area contributed by atoms with E-state index in [-0.39, 0.29) is 0 Å². The summed E-state index contributed by atoms with van der Waals surface area (Å²) in [4.78, 5) is 25.9. The van der Waals surface area contributed by atoms with Gasteiger partial charge in [0, 0.05) is 22.9 Å². The van der Waals surface area contributed by atoms with E-state index in [0.717, 1.165) is 5.56 Å². The summed E-state index contributed by atoms with van der Waals surface area (Å²) in [6, 6.07) is 14.2. The summed E-state index contributed by atoms with van der Waals surface area (Å²) in [5.41, 5.74) is 2.09. The van der Waals surface area contributed by atoms with E-state index in [2.05, 4.69) is 5.32 Å². The van der Waals surface area contributed by atoms with E-state index in [1.54, 1.807) is 30.3 Å². The third kappa shape index (κ3) is 3.65. The number of benzene rings is 2. The SMILES string of the molecule is CCN(C(=O)C(=O)Nc1ccc(C)c(Cl)c1)c1ccccc1. The van der Waals surface area contributed by atoms with Crippen LogP contribution < -0.4 is 10.2 Å². The standard InChI is InChI=1S/C17H17ClN2O2/c1-3-20(14-7-5-4-6-8-14)17(22)16(21)19-13-10-9-12(2)15(18)11-13/h4-11H,3H2,1-2H3,(H,19,21). The number of aryl methyl sites for hydroxylation is 1. The zero-order valence-corrected chi connectivity index (χ0v) is 13.2. The van der Waals surface area contributed by atoms with Crippen LogP contribution in [0.3, 0.4) is 0 Å². The Labute approximate surface area is 134 Å². The van der Waals surface area contributed by atoms with Crippen molar-refractivity contribution in [3.8, 4) is 0 Å². The van der Waals surface area contributed by atoms with Crippen molar-refractivity contribution in [1.29, 1.82) is 0 Å². The monoisotopic (exact) mass is 316 g/mol. The number of amides is 2. The molecule has 0 aromatic heterocycles. The molecule has 0 aliphatic heterocycles. The molecule has 22 heavy (non-hydrogen) atoms. The highest BCUT2D eigenvalue weighted by molar-refractivity contribution is 6.44. The largest absolute Gasteiger partial charge is 0.318 e. The highest BCUT2D eigenvalue weighted by Crippen LogP contribution is 2.20. The second kappa shape index (κ2) is 7.09. The molecule has 0 aliphatic rings. The number of nitrogens with one attached hydrogen (secondary N) is 1. The summed E-state index contributed by atoms with van der Waals surface area (Å²) in [7, 11) is 0. The molecule has 2 aromatic rings. The third-order valence-electron chi connectivity index (χ3n) is 3.25. The first-order valence-corrected chi connectivity index (χ1v) is 7.34. The minimum absolute atomic E-state index is 0.408. The lowest BCUT2D eigenvalue weighted by Gasteiger charge is -2.20. The molecule has 0 atom stereocenters. The van der Waals surface area contributed by atoms with Crippen LogP contribution in [-0.4, -0.2) is 18.4 Å². The molecule has 0 saturated carbocycles. The summed E-state index contributed by atoms with van der Waals surface area (Å²) in [6.07, 6.45) is 0. The summed E-state index contributed by atoms with van der Waals surface area (Å²) in [5, 5.41) is 3.12. The Morgan fingerprint density at radius 3 is 2.41 bits per heavy atom. The lowest BCUT2D eigenvalue weighted by atomic mass is 10.2. The first-order chi connectivity index (χ1) is 10.5. The van der Waals surface area contributed by atoms with Crippen LogP contribution in [0, 0.1) is 6.92 Å². The number of nitrogens with zero attached hydrogens (tertiary/aromatic N) is 1. The van der Waals surface area contributed by atoms with Crippen molar-refractivity contribution < 1.29 is 9.59 Å². The Morgan fingerprint density at radius 2 is 1.82 bits per heavy atom. The fraction of sp³-hybridized carbons (Fsp3) is 0.176. The van der Waals surface area contributed by atoms with E-state index in [1.165, 1.54) is 4.90 Å². The third-order valence-corrected chi connectivity index (χ3v) is 3.66. The average Bonchev–Trinajstić information content (AvgIpc) is 2.52. The van der Waals surface area contributed by atoms with Crippen LogP contribution in [0.1, 0.15) is 12.5 Å². The number of hydrogen-bond donors (Lipinski definition) is 1. The molecule has 2 aromatic carbocycles. The highest BCUT2D eigenvalue weighted by Gasteiger charge is 2.22. The van der Waals surface area contributed by atoms with Gasteiger partial charge in [-0.2, -0.15) is 0 Å². The van der Waals surface area contributed by atoms with Crippen molar-refractivity contribution >= 4 is 34.8 Å². The molecule has 1 N–H and O–H groups in total. The van der Waals surface area contributed by atoms with Gasteiger partial charge in [-0.3, -0.25) is 9.59 Å². The first kappa shape index (κ1) is 16.0. The molecule has 0 aliphatic carbocycles. The van der Waals surface area contributed by atoms with Crippen molar-refractivity contribution in [2.45, 2.75) is 13.8 Å². The number of halogens is 1. The van der Waals surface area contributed by atoms with E-state index in [9.17, 15) is 9.59 Å². The van der Waals surface area contributed by atoms with E-state index < -0.39 is 11.8 Å². The van der Waals surface area contributed by atoms with Crippen molar-refractivity contribution in [2.24, 2.45) is 0 Å². The lowest BCUT2D eigenvalue weighted by Crippen LogP contribution is -2.39. The predicted octanol–water partition coefficient (Wildman–Crippen LogP) is 3.64. The summed E-state index contributed by atoms with van der Waals surface area (Å²) < 4.78 is 0. The summed E-state index contributed by atoms with van der Waals surface area (Å²) in [6.45, 7) is 4.10. The Kier molecular flexibility index (Phi) is 5.17. The van der Waals surface area contributed by atoms with Gasteiger partial charge in [0.1, 0.15) is 0 Å². The lowest BCUT2D eigenvalue weighted by molar-refractivity contribution is -0.134. The van der Waals surface area contributed by atoms with Crippen LogP contribution in [0.4, 0.5) is 11.4 Å². The van der Waals surface area contributed by atoms with Gasteiger partial charge >= 0.3 is 11.8 Å². The average molecular weight is 317 g/mol. The predicted molar refractivity (Wildman–Crippen MR) is 89.3 cm³/mol. The molecular formula is C17H17ClN2O2. The number of likely N-dealkylation sites (N-methyl/N-ethyl adjacent to an activating group) is 1. The second-order valence-electron chi connectivity index (χ2n) is 4.80. The zero-order valence-electron chi connectivity index (χ0n) is 12.5. The van der Waals surface area contributed by atoms with E-state index in [1.807, 2.05) is 32.0 Å². The van der Waals surface area contributed by atoms with Crippen LogP contribution >= 0.6 is 11.6 Å². The fourth-order valence-corrected chi connectivity index (χ4v) is 2.21. The van der Waals surface area contributed by atoms with Crippen molar-refractivity contribution in [1.82, 2.24) is 0 Å². The number of carbonyl (C=O) groups is 2. The van der Waals surface area contributed by atoms with Crippen LogP contribution in [0.5, 0.6) is 0 Å². The Hall–Kier alpha value is -2.33. The van der Waals surface area contributed by atoms with Gasteiger partial charge in [0.2, 0.25) is 0 Å². The molecule has 0 heterocycles. The van der Waals surface area contributed by atoms with E-state index in [0.29, 0.717) is 22.9 Å². The highest BCUT2D eigenvalue weighted by atomic mass is 35.5. The van der Waals surface area contributed by atoms with Gasteiger partial charge < -0.3 is 10.2 Å². The minimum atomic E-state index is -0.689. The van der Waals surface area contributed by atoms with Gasteiger partial charge in [-0.05, 0) is 43.7 Å². The number of para-hydroxylation sites is 1. The quantitative estimate of drug-likeness (QED) is 0.879. The molecule has 5 heteroatoms. The normalized spacial score (nSPS) is 10.1. The van der Waals surface area contributed by atoms with Crippen molar-refractivity contribution in [3.63, 3.8) is 0 Å². The molecule has 2 rings (SSSR count). The smallest absolute Gasteiger partial charge is 0.316 e. The number of carbonyl (C=O) groups excluding carboxylic acids is 2. The fourth-order valence-electron chi connectivity index (χ4n) is 2.03. The maximum Gasteiger partial charge on any atom is 0.316 e. The summed E-state index contributed by atoms with van der Waals surface area (Å²) in [5.74, 6) is -1.30. The van der Waals surface area contributed by atoms with Crippen LogP contribution in [0.15, 0.2) is 48.5 Å². The zero-order chi connectivity index (χ0) is 16.1. The molecular weight excluding hydrogens is 300 g/mol. The van der Waals surface area contributed by atoms with Crippen LogP contribution in [0.2, 0.25) is 5.02 Å². The topological polar surface area (TPSA) is 49.4 Å². The molecule has 0 unspecified atom stereocenters. The van der Waals surface area contributed by atoms with Crippen molar-refractivity contribution in [2.75, 3.05) is 16.8 Å². The molecule has 114 valence electrons. The number of rotatable bonds is 3. The molecule has 2 amide bonds. The molecule has 0 fully saturated rings. The Morgan fingerprint density at radius 1 is 1.14 bits per heavy atom. The minimum Gasteiger partial charge on any atom is -0.318 e. The molecule has 0 radical (unpaired) electrons. The molecule has 4 nitrogen and oxygen atoms in total. The maximum absolute atomic E-state index is 12.3. The van der Waals surface area contributed by atoms with Crippen LogP contribution in [-0.2, 0) is 9.59 Å². The van der Waals surface area contributed by atoms with Crippen LogP contribution in [0.25, 0.3) is 0 Å². The second-order valence-corrected chi connectivity index (χ2v) is 5.21. The van der Waals surface area contributed by atoms with Crippen molar-refractivity contribution in [3.05, 3.63) is 59.1 Å². The summed E-state index contributed by atoms with van der Waals surface area (Å²) >= 11 is 6.02. The molecule has 0 saturated heterocycles. The number of hydrogen-bond acceptors (Lipinski definition) is 2. The molecule has 0 bridgehead atoms. The first-order valence-electron chi connectivity index (χ1n) is 6.97. The number of anilines is 2. The van der Waals surface area contributed by atoms with E-state index in [4.69, 9.17) is 11.6 Å². The van der Waals surface area contributed by atoms with Gasteiger partial charge in [-0.25, -0.2) is 0 Å². The maximum atomic E-state index is 12.3. The van der Waals surface area contributed by atoms with Gasteiger partial charge in [0.25, 0.3) is 0 Å². The van der Waals surface area contributed by atoms with E-state index >= 15 is 0 Å². The Balaban J connectivity index is 2.14. The van der Waals surface area contributed by atoms with Gasteiger partial charge in [0.05, 0.1) is 0 Å².